The van der Waals surface area contributed by atoms with Gasteiger partial charge in [-0.2, -0.15) is 0 Å². The van der Waals surface area contributed by atoms with Crippen LogP contribution in [0.25, 0.3) is 0 Å². The molecule has 1 amide bonds. The molecule has 1 aliphatic rings. The highest BCUT2D eigenvalue weighted by Gasteiger charge is 2.32. The molecule has 6 heteroatoms. The lowest BCUT2D eigenvalue weighted by molar-refractivity contribution is -0.117. The first-order valence-corrected chi connectivity index (χ1v) is 7.71. The fourth-order valence-electron chi connectivity index (χ4n) is 2.03. The first-order valence-electron chi connectivity index (χ1n) is 5.23. The van der Waals surface area contributed by atoms with E-state index in [1.165, 1.54) is 0 Å². The Morgan fingerprint density at radius 3 is 2.53 bits per heavy atom. The number of benzene rings is 1. The van der Waals surface area contributed by atoms with Gasteiger partial charge in [0.05, 0.1) is 5.75 Å². The molecule has 1 aromatic rings. The number of para-hydroxylation sites is 1. The highest BCUT2D eigenvalue weighted by atomic mass is 35.7. The average Bonchev–Trinajstić information content (AvgIpc) is 2.58. The second kappa shape index (κ2) is 4.66. The second-order valence-corrected chi connectivity index (χ2v) is 6.94. The first-order chi connectivity index (χ1) is 7.96. The predicted octanol–water partition coefficient (Wildman–Crippen LogP) is 1.61. The van der Waals surface area contributed by atoms with E-state index in [2.05, 4.69) is 0 Å². The molecule has 2 rings (SSSR count). The van der Waals surface area contributed by atoms with Crippen molar-refractivity contribution in [1.82, 2.24) is 0 Å². The van der Waals surface area contributed by atoms with Gasteiger partial charge in [0.2, 0.25) is 15.0 Å². The van der Waals surface area contributed by atoms with Crippen molar-refractivity contribution >= 4 is 31.3 Å². The van der Waals surface area contributed by atoms with Gasteiger partial charge in [0, 0.05) is 35.3 Å². The number of amides is 1. The molecule has 0 aliphatic carbocycles. The van der Waals surface area contributed by atoms with Crippen molar-refractivity contribution in [1.29, 1.82) is 0 Å². The van der Waals surface area contributed by atoms with Crippen LogP contribution in [0.1, 0.15) is 6.42 Å². The summed E-state index contributed by atoms with van der Waals surface area (Å²) in [7, 11) is 1.65. The summed E-state index contributed by atoms with van der Waals surface area (Å²) in [5.41, 5.74) is 0.798. The smallest absolute Gasteiger partial charge is 0.232 e. The van der Waals surface area contributed by atoms with Gasteiger partial charge in [0.15, 0.2) is 0 Å². The summed E-state index contributed by atoms with van der Waals surface area (Å²) >= 11 is 0. The van der Waals surface area contributed by atoms with Crippen LogP contribution in [-0.2, 0) is 13.8 Å². The highest BCUT2D eigenvalue weighted by Crippen LogP contribution is 2.26. The third-order valence-corrected chi connectivity index (χ3v) is 3.96. The monoisotopic (exact) mass is 273 g/mol. The van der Waals surface area contributed by atoms with Gasteiger partial charge < -0.3 is 4.90 Å². The second-order valence-electron chi connectivity index (χ2n) is 4.12. The molecule has 1 saturated heterocycles. The number of hydrogen-bond donors (Lipinski definition) is 0. The Morgan fingerprint density at radius 2 is 1.94 bits per heavy atom. The quantitative estimate of drug-likeness (QED) is 0.786. The third-order valence-electron chi connectivity index (χ3n) is 2.71. The Bertz CT molecular complexity index is 515. The van der Waals surface area contributed by atoms with Gasteiger partial charge in [-0.15, -0.1) is 0 Å². The summed E-state index contributed by atoms with van der Waals surface area (Å²) in [6.45, 7) is 0.412. The van der Waals surface area contributed by atoms with Crippen LogP contribution in [0.3, 0.4) is 0 Å². The molecule has 0 radical (unpaired) electrons. The van der Waals surface area contributed by atoms with Crippen LogP contribution in [0.15, 0.2) is 30.3 Å². The maximum Gasteiger partial charge on any atom is 0.232 e. The minimum atomic E-state index is -3.54. The Hall–Kier alpha value is -1.07. The van der Waals surface area contributed by atoms with Gasteiger partial charge in [-0.25, -0.2) is 8.42 Å². The molecular weight excluding hydrogens is 262 g/mol. The molecule has 1 atom stereocenters. The normalized spacial score (nSPS) is 20.9. The van der Waals surface area contributed by atoms with Crippen molar-refractivity contribution in [3.05, 3.63) is 30.3 Å². The molecule has 17 heavy (non-hydrogen) atoms. The van der Waals surface area contributed by atoms with E-state index in [0.717, 1.165) is 5.69 Å². The lowest BCUT2D eigenvalue weighted by atomic mass is 10.1. The molecule has 1 aromatic carbocycles. The van der Waals surface area contributed by atoms with Crippen LogP contribution in [0.5, 0.6) is 0 Å². The molecule has 0 spiro atoms. The van der Waals surface area contributed by atoms with E-state index < -0.39 is 9.05 Å². The Kier molecular flexibility index (Phi) is 3.40. The lowest BCUT2D eigenvalue weighted by Crippen LogP contribution is -2.25. The molecule has 1 fully saturated rings. The number of hydrogen-bond acceptors (Lipinski definition) is 3. The molecule has 4 nitrogen and oxygen atoms in total. The Labute approximate surface area is 105 Å². The zero-order chi connectivity index (χ0) is 12.5. The van der Waals surface area contributed by atoms with E-state index in [1.54, 1.807) is 4.90 Å². The summed E-state index contributed by atoms with van der Waals surface area (Å²) in [6.07, 6.45) is 0.237. The molecule has 1 unspecified atom stereocenters. The number of carbonyl (C=O) groups is 1. The molecular formula is C11H12ClNO3S. The Morgan fingerprint density at radius 1 is 1.29 bits per heavy atom. The van der Waals surface area contributed by atoms with Crippen LogP contribution >= 0.6 is 10.7 Å². The SMILES string of the molecule is O=C1CC(CS(=O)(=O)Cl)CN1c1ccccc1. The van der Waals surface area contributed by atoms with Crippen LogP contribution in [0.4, 0.5) is 5.69 Å². The molecule has 1 aliphatic heterocycles. The molecule has 0 bridgehead atoms. The van der Waals surface area contributed by atoms with E-state index >= 15 is 0 Å². The highest BCUT2D eigenvalue weighted by molar-refractivity contribution is 8.13. The molecule has 0 N–H and O–H groups in total. The summed E-state index contributed by atoms with van der Waals surface area (Å²) in [6, 6.07) is 9.21. The standard InChI is InChI=1S/C11H12ClNO3S/c12-17(15,16)8-9-6-11(14)13(7-9)10-4-2-1-3-5-10/h1-5,9H,6-8H2. The number of rotatable bonds is 3. The third kappa shape index (κ3) is 3.20. The van der Waals surface area contributed by atoms with Gasteiger partial charge in [0.1, 0.15) is 0 Å². The minimum absolute atomic E-state index is 0.0542. The largest absolute Gasteiger partial charge is 0.312 e. The van der Waals surface area contributed by atoms with Gasteiger partial charge in [-0.05, 0) is 12.1 Å². The van der Waals surface area contributed by atoms with Gasteiger partial charge in [-0.1, -0.05) is 18.2 Å². The minimum Gasteiger partial charge on any atom is -0.312 e. The fourth-order valence-corrected chi connectivity index (χ4v) is 3.35. The topological polar surface area (TPSA) is 54.5 Å². The summed E-state index contributed by atoms with van der Waals surface area (Å²) in [5.74, 6) is -0.421. The summed E-state index contributed by atoms with van der Waals surface area (Å²) < 4.78 is 21.9. The van der Waals surface area contributed by atoms with Gasteiger partial charge in [-0.3, -0.25) is 4.79 Å². The average molecular weight is 274 g/mol. The zero-order valence-electron chi connectivity index (χ0n) is 9.04. The van der Waals surface area contributed by atoms with Crippen molar-refractivity contribution in [3.63, 3.8) is 0 Å². The summed E-state index contributed by atoms with van der Waals surface area (Å²) in [4.78, 5) is 13.4. The van der Waals surface area contributed by atoms with Crippen LogP contribution in [0, 0.1) is 5.92 Å². The van der Waals surface area contributed by atoms with E-state index in [0.29, 0.717) is 6.54 Å². The number of anilines is 1. The Balaban J connectivity index is 2.11. The van der Waals surface area contributed by atoms with E-state index in [9.17, 15) is 13.2 Å². The first kappa shape index (κ1) is 12.4. The van der Waals surface area contributed by atoms with Crippen molar-refractivity contribution in [2.75, 3.05) is 17.2 Å². The van der Waals surface area contributed by atoms with E-state index in [1.807, 2.05) is 30.3 Å². The molecule has 92 valence electrons. The number of halogens is 1. The number of carbonyl (C=O) groups excluding carboxylic acids is 1. The van der Waals surface area contributed by atoms with Crippen LogP contribution in [0.2, 0.25) is 0 Å². The van der Waals surface area contributed by atoms with Crippen molar-refractivity contribution in [2.45, 2.75) is 6.42 Å². The summed E-state index contributed by atoms with van der Waals surface area (Å²) in [5, 5.41) is 0. The van der Waals surface area contributed by atoms with Crippen molar-refractivity contribution in [3.8, 4) is 0 Å². The van der Waals surface area contributed by atoms with Crippen LogP contribution in [-0.4, -0.2) is 26.6 Å². The predicted molar refractivity (Wildman–Crippen MR) is 66.5 cm³/mol. The van der Waals surface area contributed by atoms with Gasteiger partial charge in [0.25, 0.3) is 0 Å². The van der Waals surface area contributed by atoms with Crippen molar-refractivity contribution < 1.29 is 13.2 Å². The molecule has 0 saturated carbocycles. The molecule has 0 aromatic heterocycles. The van der Waals surface area contributed by atoms with E-state index in [-0.39, 0.29) is 24.0 Å². The lowest BCUT2D eigenvalue weighted by Gasteiger charge is -2.16. The zero-order valence-corrected chi connectivity index (χ0v) is 10.6. The maximum atomic E-state index is 11.8. The van der Waals surface area contributed by atoms with Gasteiger partial charge >= 0.3 is 0 Å². The number of nitrogens with zero attached hydrogens (tertiary/aromatic N) is 1. The van der Waals surface area contributed by atoms with E-state index in [4.69, 9.17) is 10.7 Å². The molecule has 1 heterocycles. The van der Waals surface area contributed by atoms with Crippen molar-refractivity contribution in [2.24, 2.45) is 5.92 Å². The maximum absolute atomic E-state index is 11.8. The van der Waals surface area contributed by atoms with Crippen LogP contribution < -0.4 is 4.90 Å². The fraction of sp³-hybridized carbons (Fsp3) is 0.364.